The van der Waals surface area contributed by atoms with Crippen molar-refractivity contribution < 1.29 is 22.7 Å². The van der Waals surface area contributed by atoms with Crippen LogP contribution in [0.5, 0.6) is 11.5 Å². The average Bonchev–Trinajstić information content (AvgIpc) is 2.84. The number of nitrogens with zero attached hydrogens (tertiary/aromatic N) is 1. The number of rotatable bonds is 7. The predicted molar refractivity (Wildman–Crippen MR) is 131 cm³/mol. The van der Waals surface area contributed by atoms with Crippen LogP contribution in [0.15, 0.2) is 71.6 Å². The molecule has 1 atom stereocenters. The molecule has 178 valence electrons. The van der Waals surface area contributed by atoms with Gasteiger partial charge in [-0.2, -0.15) is 0 Å². The number of anilines is 1. The van der Waals surface area contributed by atoms with Gasteiger partial charge in [-0.3, -0.25) is 9.10 Å². The summed E-state index contributed by atoms with van der Waals surface area (Å²) < 4.78 is 39.4. The maximum atomic E-state index is 13.5. The van der Waals surface area contributed by atoms with E-state index >= 15 is 0 Å². The molecule has 0 radical (unpaired) electrons. The fourth-order valence-corrected chi connectivity index (χ4v) is 5.29. The molecule has 3 aromatic rings. The molecule has 1 unspecified atom stereocenters. The van der Waals surface area contributed by atoms with Crippen molar-refractivity contribution in [3.8, 4) is 11.5 Å². The smallest absolute Gasteiger partial charge is 0.264 e. The van der Waals surface area contributed by atoms with Gasteiger partial charge in [-0.15, -0.1) is 0 Å². The molecule has 34 heavy (non-hydrogen) atoms. The number of halogens is 1. The standard InChI is InChI=1S/C25H25ClN2O5S/c1-17-3-12-23-22(15-17)28(34(30,31)21-10-8-20(32-2)9-11-21)16-24(33-23)25(29)27-14-13-18-4-6-19(26)7-5-18/h3-12,15,24H,13-14,16H2,1-2H3,(H,27,29). The fraction of sp³-hybridized carbons (Fsp3) is 0.240. The van der Waals surface area contributed by atoms with Crippen LogP contribution in [0.4, 0.5) is 5.69 Å². The second kappa shape index (κ2) is 9.95. The largest absolute Gasteiger partial charge is 0.497 e. The molecule has 7 nitrogen and oxygen atoms in total. The van der Waals surface area contributed by atoms with E-state index in [1.165, 1.54) is 23.5 Å². The zero-order chi connectivity index (χ0) is 24.3. The number of nitrogens with one attached hydrogen (secondary N) is 1. The van der Waals surface area contributed by atoms with Gasteiger partial charge in [-0.1, -0.05) is 29.8 Å². The van der Waals surface area contributed by atoms with Crippen molar-refractivity contribution >= 4 is 33.2 Å². The van der Waals surface area contributed by atoms with Crippen molar-refractivity contribution in [3.05, 3.63) is 82.9 Å². The van der Waals surface area contributed by atoms with Crippen molar-refractivity contribution in [2.24, 2.45) is 0 Å². The minimum absolute atomic E-state index is 0.101. The minimum Gasteiger partial charge on any atom is -0.497 e. The van der Waals surface area contributed by atoms with Gasteiger partial charge in [0.1, 0.15) is 11.5 Å². The molecule has 1 aliphatic rings. The van der Waals surface area contributed by atoms with Gasteiger partial charge in [0.15, 0.2) is 6.10 Å². The van der Waals surface area contributed by atoms with E-state index in [9.17, 15) is 13.2 Å². The first-order valence-electron chi connectivity index (χ1n) is 10.7. The highest BCUT2D eigenvalue weighted by Crippen LogP contribution is 2.38. The van der Waals surface area contributed by atoms with Gasteiger partial charge >= 0.3 is 0 Å². The van der Waals surface area contributed by atoms with Gasteiger partial charge in [0, 0.05) is 11.6 Å². The number of methoxy groups -OCH3 is 1. The molecule has 1 N–H and O–H groups in total. The number of carbonyl (C=O) groups is 1. The maximum absolute atomic E-state index is 13.5. The molecule has 1 amide bonds. The number of sulfonamides is 1. The molecular weight excluding hydrogens is 476 g/mol. The number of hydrogen-bond acceptors (Lipinski definition) is 5. The van der Waals surface area contributed by atoms with Crippen LogP contribution < -0.4 is 19.1 Å². The van der Waals surface area contributed by atoms with E-state index in [-0.39, 0.29) is 17.3 Å². The second-order valence-corrected chi connectivity index (χ2v) is 10.3. The van der Waals surface area contributed by atoms with Gasteiger partial charge in [0.25, 0.3) is 15.9 Å². The van der Waals surface area contributed by atoms with Gasteiger partial charge in [-0.25, -0.2) is 8.42 Å². The highest BCUT2D eigenvalue weighted by atomic mass is 35.5. The third-order valence-corrected chi connectivity index (χ3v) is 7.60. The second-order valence-electron chi connectivity index (χ2n) is 7.96. The van der Waals surface area contributed by atoms with E-state index in [0.717, 1.165) is 11.1 Å². The highest BCUT2D eigenvalue weighted by Gasteiger charge is 2.37. The highest BCUT2D eigenvalue weighted by molar-refractivity contribution is 7.92. The van der Waals surface area contributed by atoms with Crippen molar-refractivity contribution in [2.75, 3.05) is 24.5 Å². The first kappa shape index (κ1) is 23.9. The first-order valence-corrected chi connectivity index (χ1v) is 12.6. The molecule has 0 saturated carbocycles. The summed E-state index contributed by atoms with van der Waals surface area (Å²) in [6, 6.07) is 18.8. The van der Waals surface area contributed by atoms with Gasteiger partial charge in [-0.05, 0) is 73.0 Å². The van der Waals surface area contributed by atoms with Crippen LogP contribution in [-0.2, 0) is 21.2 Å². The number of fused-ring (bicyclic) bond motifs is 1. The lowest BCUT2D eigenvalue weighted by atomic mass is 10.1. The van der Waals surface area contributed by atoms with Gasteiger partial charge in [0.2, 0.25) is 0 Å². The summed E-state index contributed by atoms with van der Waals surface area (Å²) in [4.78, 5) is 13.0. The Morgan fingerprint density at radius 1 is 1.12 bits per heavy atom. The third kappa shape index (κ3) is 5.13. The van der Waals surface area contributed by atoms with Crippen LogP contribution in [0.25, 0.3) is 0 Å². The molecule has 1 aliphatic heterocycles. The Labute approximate surface area is 204 Å². The predicted octanol–water partition coefficient (Wildman–Crippen LogP) is 3.97. The Morgan fingerprint density at radius 3 is 2.50 bits per heavy atom. The number of amides is 1. The van der Waals surface area contributed by atoms with E-state index in [1.807, 2.05) is 25.1 Å². The van der Waals surface area contributed by atoms with Crippen molar-refractivity contribution in [1.29, 1.82) is 0 Å². The molecule has 4 rings (SSSR count). The number of aryl methyl sites for hydroxylation is 1. The topological polar surface area (TPSA) is 84.9 Å². The van der Waals surface area contributed by atoms with Crippen LogP contribution in [0.3, 0.4) is 0 Å². The van der Waals surface area contributed by atoms with Gasteiger partial charge in [0.05, 0.1) is 24.2 Å². The third-order valence-electron chi connectivity index (χ3n) is 5.55. The molecular formula is C25H25ClN2O5S. The lowest BCUT2D eigenvalue weighted by Gasteiger charge is -2.35. The number of ether oxygens (including phenoxy) is 2. The van der Waals surface area contributed by atoms with Crippen LogP contribution in [-0.4, -0.2) is 40.6 Å². The molecule has 3 aromatic carbocycles. The average molecular weight is 501 g/mol. The van der Waals surface area contributed by atoms with E-state index in [0.29, 0.717) is 35.2 Å². The quantitative estimate of drug-likeness (QED) is 0.530. The molecule has 1 heterocycles. The minimum atomic E-state index is -3.95. The number of hydrogen-bond donors (Lipinski definition) is 1. The van der Waals surface area contributed by atoms with Crippen LogP contribution >= 0.6 is 11.6 Å². The molecule has 0 aliphatic carbocycles. The van der Waals surface area contributed by atoms with Crippen molar-refractivity contribution in [1.82, 2.24) is 5.32 Å². The van der Waals surface area contributed by atoms with Crippen molar-refractivity contribution in [3.63, 3.8) is 0 Å². The Bertz CT molecular complexity index is 1280. The molecule has 0 aromatic heterocycles. The Morgan fingerprint density at radius 2 is 1.82 bits per heavy atom. The summed E-state index contributed by atoms with van der Waals surface area (Å²) >= 11 is 5.91. The van der Waals surface area contributed by atoms with Gasteiger partial charge < -0.3 is 14.8 Å². The zero-order valence-electron chi connectivity index (χ0n) is 18.8. The lowest BCUT2D eigenvalue weighted by Crippen LogP contribution is -2.51. The normalized spacial score (nSPS) is 15.3. The molecule has 0 spiro atoms. The monoisotopic (exact) mass is 500 g/mol. The van der Waals surface area contributed by atoms with Crippen LogP contribution in [0.1, 0.15) is 11.1 Å². The summed E-state index contributed by atoms with van der Waals surface area (Å²) in [5, 5.41) is 3.50. The summed E-state index contributed by atoms with van der Waals surface area (Å²) in [6.07, 6.45) is -0.382. The Kier molecular flexibility index (Phi) is 7.00. The zero-order valence-corrected chi connectivity index (χ0v) is 20.4. The SMILES string of the molecule is COc1ccc(S(=O)(=O)N2CC(C(=O)NCCc3ccc(Cl)cc3)Oc3ccc(C)cc32)cc1. The molecule has 0 saturated heterocycles. The summed E-state index contributed by atoms with van der Waals surface area (Å²) in [7, 11) is -2.43. The fourth-order valence-electron chi connectivity index (χ4n) is 3.70. The molecule has 9 heteroatoms. The number of benzene rings is 3. The lowest BCUT2D eigenvalue weighted by molar-refractivity contribution is -0.127. The van der Waals surface area contributed by atoms with E-state index < -0.39 is 16.1 Å². The summed E-state index contributed by atoms with van der Waals surface area (Å²) in [6.45, 7) is 2.11. The summed E-state index contributed by atoms with van der Waals surface area (Å²) in [5.74, 6) is 0.511. The molecule has 0 fully saturated rings. The Balaban J connectivity index is 1.55. The maximum Gasteiger partial charge on any atom is 0.264 e. The van der Waals surface area contributed by atoms with Crippen molar-refractivity contribution in [2.45, 2.75) is 24.3 Å². The van der Waals surface area contributed by atoms with E-state index in [2.05, 4.69) is 5.32 Å². The first-order chi connectivity index (χ1) is 16.3. The van der Waals surface area contributed by atoms with Crippen LogP contribution in [0, 0.1) is 6.92 Å². The van der Waals surface area contributed by atoms with Crippen LogP contribution in [0.2, 0.25) is 5.02 Å². The van der Waals surface area contributed by atoms with E-state index in [1.54, 1.807) is 36.4 Å². The Hall–Kier alpha value is -3.23. The van der Waals surface area contributed by atoms with E-state index in [4.69, 9.17) is 21.1 Å². The molecule has 0 bridgehead atoms. The summed E-state index contributed by atoms with van der Waals surface area (Å²) in [5.41, 5.74) is 2.31. The number of carbonyl (C=O) groups excluding carboxylic acids is 1.